The fraction of sp³-hybridized carbons (Fsp3) is 0.600. The number of rotatable bonds is 3. The maximum absolute atomic E-state index is 13.1. The van der Waals surface area contributed by atoms with Crippen LogP contribution in [0.2, 0.25) is 0 Å². The van der Waals surface area contributed by atoms with Gasteiger partial charge >= 0.3 is 0 Å². The van der Waals surface area contributed by atoms with Gasteiger partial charge in [0.2, 0.25) is 10.0 Å². The SMILES string of the molecule is Cl.O=[N+]([O-])c1cc2c(cc1S(=O)(=O)N1CCC3CCC(C1)N3)OCCO2. The first-order chi connectivity index (χ1) is 11.9. The van der Waals surface area contributed by atoms with Crippen LogP contribution in [-0.2, 0) is 10.0 Å². The molecule has 4 rings (SSSR count). The predicted octanol–water partition coefficient (Wildman–Crippen LogP) is 1.30. The first kappa shape index (κ1) is 19.2. The van der Waals surface area contributed by atoms with E-state index in [1.807, 2.05) is 0 Å². The topological polar surface area (TPSA) is 111 Å². The second kappa shape index (κ2) is 7.18. The van der Waals surface area contributed by atoms with Gasteiger partial charge in [0.25, 0.3) is 5.69 Å². The van der Waals surface area contributed by atoms with Gasteiger partial charge in [-0.2, -0.15) is 4.31 Å². The Hall–Kier alpha value is -1.62. The molecule has 2 bridgehead atoms. The van der Waals surface area contributed by atoms with Crippen molar-refractivity contribution in [3.05, 3.63) is 22.2 Å². The molecule has 3 aliphatic heterocycles. The number of hydrogen-bond acceptors (Lipinski definition) is 7. The molecule has 26 heavy (non-hydrogen) atoms. The van der Waals surface area contributed by atoms with Gasteiger partial charge in [0.15, 0.2) is 16.4 Å². The molecule has 2 fully saturated rings. The number of nitro benzene ring substituents is 1. The van der Waals surface area contributed by atoms with Gasteiger partial charge in [0.05, 0.1) is 11.0 Å². The zero-order valence-corrected chi connectivity index (χ0v) is 15.6. The fourth-order valence-electron chi connectivity index (χ4n) is 3.68. The molecule has 1 aromatic carbocycles. The number of nitro groups is 1. The number of ether oxygens (including phenoxy) is 2. The van der Waals surface area contributed by atoms with Crippen molar-refractivity contribution >= 4 is 28.1 Å². The predicted molar refractivity (Wildman–Crippen MR) is 94.7 cm³/mol. The molecule has 144 valence electrons. The molecule has 1 N–H and O–H groups in total. The van der Waals surface area contributed by atoms with Crippen LogP contribution in [0, 0.1) is 10.1 Å². The van der Waals surface area contributed by atoms with Crippen molar-refractivity contribution < 1.29 is 22.8 Å². The van der Waals surface area contributed by atoms with Crippen molar-refractivity contribution in [1.29, 1.82) is 0 Å². The van der Waals surface area contributed by atoms with E-state index < -0.39 is 20.6 Å². The number of fused-ring (bicyclic) bond motifs is 3. The van der Waals surface area contributed by atoms with Crippen molar-refractivity contribution in [2.45, 2.75) is 36.2 Å². The zero-order chi connectivity index (χ0) is 17.6. The van der Waals surface area contributed by atoms with Gasteiger partial charge in [-0.3, -0.25) is 10.1 Å². The van der Waals surface area contributed by atoms with Crippen molar-refractivity contribution in [3.63, 3.8) is 0 Å². The molecule has 0 aromatic heterocycles. The third-order valence-electron chi connectivity index (χ3n) is 4.92. The van der Waals surface area contributed by atoms with Gasteiger partial charge in [-0.1, -0.05) is 0 Å². The molecule has 0 aliphatic carbocycles. The number of nitrogens with one attached hydrogen (secondary N) is 1. The minimum absolute atomic E-state index is 0. The summed E-state index contributed by atoms with van der Waals surface area (Å²) in [7, 11) is -4.00. The number of hydrogen-bond donors (Lipinski definition) is 1. The maximum Gasteiger partial charge on any atom is 0.293 e. The summed E-state index contributed by atoms with van der Waals surface area (Å²) >= 11 is 0. The van der Waals surface area contributed by atoms with Gasteiger partial charge < -0.3 is 14.8 Å². The van der Waals surface area contributed by atoms with Gasteiger partial charge in [-0.05, 0) is 19.3 Å². The molecule has 0 spiro atoms. The Morgan fingerprint density at radius 3 is 2.46 bits per heavy atom. The fourth-order valence-corrected chi connectivity index (χ4v) is 5.33. The molecule has 3 aliphatic rings. The monoisotopic (exact) mass is 405 g/mol. The average molecular weight is 406 g/mol. The van der Waals surface area contributed by atoms with Crippen LogP contribution < -0.4 is 14.8 Å². The van der Waals surface area contributed by atoms with Crippen LogP contribution in [-0.4, -0.2) is 56.0 Å². The Bertz CT molecular complexity index is 818. The van der Waals surface area contributed by atoms with Crippen LogP contribution >= 0.6 is 12.4 Å². The minimum Gasteiger partial charge on any atom is -0.486 e. The lowest BCUT2D eigenvalue weighted by Gasteiger charge is -2.24. The van der Waals surface area contributed by atoms with Crippen molar-refractivity contribution in [2.24, 2.45) is 0 Å². The van der Waals surface area contributed by atoms with Gasteiger partial charge in [0.1, 0.15) is 13.2 Å². The highest BCUT2D eigenvalue weighted by molar-refractivity contribution is 7.89. The summed E-state index contributed by atoms with van der Waals surface area (Å²) in [6.07, 6.45) is 2.66. The summed E-state index contributed by atoms with van der Waals surface area (Å²) < 4.78 is 38.4. The first-order valence-electron chi connectivity index (χ1n) is 8.29. The normalized spacial score (nSPS) is 25.2. The molecule has 2 atom stereocenters. The summed E-state index contributed by atoms with van der Waals surface area (Å²) in [5.74, 6) is 0.429. The zero-order valence-electron chi connectivity index (χ0n) is 13.9. The molecular weight excluding hydrogens is 386 g/mol. The van der Waals surface area contributed by atoms with E-state index in [0.717, 1.165) is 18.9 Å². The Morgan fingerprint density at radius 2 is 1.77 bits per heavy atom. The Labute approximate surface area is 157 Å². The van der Waals surface area contributed by atoms with E-state index in [4.69, 9.17) is 9.47 Å². The summed E-state index contributed by atoms with van der Waals surface area (Å²) in [6.45, 7) is 1.23. The van der Waals surface area contributed by atoms with E-state index in [2.05, 4.69) is 5.32 Å². The maximum atomic E-state index is 13.1. The van der Waals surface area contributed by atoms with Crippen molar-refractivity contribution in [3.8, 4) is 11.5 Å². The van der Waals surface area contributed by atoms with Gasteiger partial charge in [-0.15, -0.1) is 12.4 Å². The first-order valence-corrected chi connectivity index (χ1v) is 9.73. The molecule has 3 heterocycles. The van der Waals surface area contributed by atoms with E-state index in [9.17, 15) is 18.5 Å². The summed E-state index contributed by atoms with van der Waals surface area (Å²) in [6, 6.07) is 2.78. The second-order valence-electron chi connectivity index (χ2n) is 6.51. The molecule has 0 saturated carbocycles. The molecule has 9 nitrogen and oxygen atoms in total. The quantitative estimate of drug-likeness (QED) is 0.596. The third kappa shape index (κ3) is 3.34. The largest absolute Gasteiger partial charge is 0.486 e. The molecule has 2 unspecified atom stereocenters. The summed E-state index contributed by atoms with van der Waals surface area (Å²) in [4.78, 5) is 10.4. The molecule has 1 aromatic rings. The average Bonchev–Trinajstić information content (AvgIpc) is 2.91. The Balaban J connectivity index is 0.00000196. The van der Waals surface area contributed by atoms with E-state index in [0.29, 0.717) is 25.6 Å². The molecule has 11 heteroatoms. The lowest BCUT2D eigenvalue weighted by atomic mass is 10.1. The standard InChI is InChI=1S/C15H19N3O6S.ClH/c19-18(20)12-7-13-14(24-6-5-23-13)8-15(12)25(21,22)17-4-3-10-1-2-11(9-17)16-10;/h7-8,10-11,16H,1-6,9H2;1H. The number of sulfonamides is 1. The number of benzene rings is 1. The van der Waals surface area contributed by atoms with Crippen LogP contribution in [0.1, 0.15) is 19.3 Å². The summed E-state index contributed by atoms with van der Waals surface area (Å²) in [5.41, 5.74) is -0.480. The Kier molecular flexibility index (Phi) is 5.29. The molecule has 0 amide bonds. The smallest absolute Gasteiger partial charge is 0.293 e. The van der Waals surface area contributed by atoms with Crippen LogP contribution in [0.4, 0.5) is 5.69 Å². The highest BCUT2D eigenvalue weighted by Crippen LogP contribution is 2.40. The molecule has 2 saturated heterocycles. The van der Waals surface area contributed by atoms with E-state index in [1.165, 1.54) is 10.4 Å². The lowest BCUT2D eigenvalue weighted by molar-refractivity contribution is -0.388. The minimum atomic E-state index is -4.00. The third-order valence-corrected chi connectivity index (χ3v) is 6.82. The van der Waals surface area contributed by atoms with Crippen molar-refractivity contribution in [2.75, 3.05) is 26.3 Å². The van der Waals surface area contributed by atoms with E-state index >= 15 is 0 Å². The van der Waals surface area contributed by atoms with E-state index in [-0.39, 0.29) is 48.1 Å². The molecule has 0 radical (unpaired) electrons. The Morgan fingerprint density at radius 1 is 1.12 bits per heavy atom. The van der Waals surface area contributed by atoms with Crippen LogP contribution in [0.15, 0.2) is 17.0 Å². The lowest BCUT2D eigenvalue weighted by Crippen LogP contribution is -2.39. The van der Waals surface area contributed by atoms with Crippen molar-refractivity contribution in [1.82, 2.24) is 9.62 Å². The van der Waals surface area contributed by atoms with E-state index in [1.54, 1.807) is 0 Å². The highest BCUT2D eigenvalue weighted by atomic mass is 35.5. The van der Waals surface area contributed by atoms with Gasteiger partial charge in [0, 0.05) is 31.2 Å². The second-order valence-corrected chi connectivity index (χ2v) is 8.42. The van der Waals surface area contributed by atoms with Crippen LogP contribution in [0.25, 0.3) is 0 Å². The number of nitrogens with zero attached hydrogens (tertiary/aromatic N) is 2. The van der Waals surface area contributed by atoms with Crippen LogP contribution in [0.3, 0.4) is 0 Å². The highest BCUT2D eigenvalue weighted by Gasteiger charge is 2.39. The summed E-state index contributed by atoms with van der Waals surface area (Å²) in [5, 5.41) is 14.9. The van der Waals surface area contributed by atoms with Gasteiger partial charge in [-0.25, -0.2) is 8.42 Å². The number of halogens is 1. The molecular formula is C15H20ClN3O6S. The van der Waals surface area contributed by atoms with Crippen LogP contribution in [0.5, 0.6) is 11.5 Å².